The summed E-state index contributed by atoms with van der Waals surface area (Å²) in [5.41, 5.74) is 0. The van der Waals surface area contributed by atoms with E-state index in [4.69, 9.17) is 5.11 Å². The van der Waals surface area contributed by atoms with E-state index in [1.807, 2.05) is 0 Å². The van der Waals surface area contributed by atoms with Gasteiger partial charge in [-0.2, -0.15) is 0 Å². The maximum absolute atomic E-state index is 8.12. The predicted molar refractivity (Wildman–Crippen MR) is 26.2 cm³/mol. The first kappa shape index (κ1) is 6.14. The van der Waals surface area contributed by atoms with Crippen LogP contribution in [0.5, 0.6) is 0 Å². The van der Waals surface area contributed by atoms with Crippen LogP contribution >= 0.6 is 0 Å². The minimum atomic E-state index is 0.234. The summed E-state index contributed by atoms with van der Waals surface area (Å²) in [5, 5.41) is 8.12. The monoisotopic (exact) mass is 105 g/mol. The molecule has 0 unspecified atom stereocenters. The van der Waals surface area contributed by atoms with Crippen LogP contribution in [0.2, 0.25) is 0 Å². The van der Waals surface area contributed by atoms with Crippen LogP contribution in [0.4, 0.5) is 0 Å². The average molecular weight is 105 g/mol. The average Bonchev–Trinajstić information content (AvgIpc) is 1.61. The molecule has 0 aliphatic rings. The van der Waals surface area contributed by atoms with Crippen molar-refractivity contribution in [2.24, 2.45) is 0 Å². The van der Waals surface area contributed by atoms with Crippen LogP contribution in [-0.2, 0) is 4.43 Å². The first-order valence-corrected chi connectivity index (χ1v) is 2.47. The molecule has 0 bridgehead atoms. The molecule has 3 heteroatoms. The number of hydrogen-bond acceptors (Lipinski definition) is 2. The van der Waals surface area contributed by atoms with Crippen molar-refractivity contribution in [2.45, 2.75) is 6.42 Å². The lowest BCUT2D eigenvalue weighted by Gasteiger charge is -1.89. The van der Waals surface area contributed by atoms with Gasteiger partial charge in [-0.15, -0.1) is 0 Å². The van der Waals surface area contributed by atoms with Crippen molar-refractivity contribution in [3.8, 4) is 0 Å². The minimum Gasteiger partial charge on any atom is -0.425 e. The zero-order valence-corrected chi connectivity index (χ0v) is 5.10. The molecule has 0 saturated heterocycles. The highest BCUT2D eigenvalue weighted by atomic mass is 28.2. The van der Waals surface area contributed by atoms with E-state index in [1.54, 1.807) is 0 Å². The molecule has 0 aliphatic heterocycles. The Morgan fingerprint density at radius 3 is 2.50 bits per heavy atom. The van der Waals surface area contributed by atoms with E-state index in [-0.39, 0.29) is 6.61 Å². The Bertz CT molecular complexity index is 20.8. The highest BCUT2D eigenvalue weighted by Gasteiger charge is 1.75. The molecule has 0 aromatic heterocycles. The number of hydrogen-bond donors (Lipinski definition) is 1. The van der Waals surface area contributed by atoms with Crippen molar-refractivity contribution in [3.63, 3.8) is 0 Å². The molecule has 0 saturated carbocycles. The molecular formula is C3H9O2Si. The van der Waals surface area contributed by atoms with Crippen LogP contribution < -0.4 is 0 Å². The molecule has 0 heterocycles. The molecule has 0 fully saturated rings. The van der Waals surface area contributed by atoms with Crippen molar-refractivity contribution in [1.29, 1.82) is 0 Å². The highest BCUT2D eigenvalue weighted by Crippen LogP contribution is 1.72. The molecule has 0 spiro atoms. The molecule has 0 aromatic carbocycles. The molecule has 2 nitrogen and oxygen atoms in total. The molecule has 37 valence electrons. The van der Waals surface area contributed by atoms with Crippen LogP contribution in [0.3, 0.4) is 0 Å². The summed E-state index contributed by atoms with van der Waals surface area (Å²) in [7, 11) is 1.45. The third-order valence-corrected chi connectivity index (χ3v) is 0.735. The summed E-state index contributed by atoms with van der Waals surface area (Å²) in [5.74, 6) is 0. The number of aliphatic hydroxyl groups excluding tert-OH is 1. The molecular weight excluding hydrogens is 96.1 g/mol. The van der Waals surface area contributed by atoms with E-state index >= 15 is 0 Å². The lowest BCUT2D eigenvalue weighted by atomic mass is 10.5. The summed E-state index contributed by atoms with van der Waals surface area (Å²) in [4.78, 5) is 0. The SMILES string of the molecule is OCCCO[SiH2]. The Morgan fingerprint density at radius 1 is 1.67 bits per heavy atom. The van der Waals surface area contributed by atoms with E-state index in [1.165, 1.54) is 10.5 Å². The molecule has 0 aliphatic carbocycles. The van der Waals surface area contributed by atoms with E-state index in [0.29, 0.717) is 6.61 Å². The second kappa shape index (κ2) is 5.14. The molecule has 0 aromatic rings. The summed E-state index contributed by atoms with van der Waals surface area (Å²) in [6, 6.07) is 0. The van der Waals surface area contributed by atoms with Gasteiger partial charge in [-0.25, -0.2) is 0 Å². The van der Waals surface area contributed by atoms with Crippen molar-refractivity contribution in [3.05, 3.63) is 0 Å². The minimum absolute atomic E-state index is 0.234. The second-order valence-electron chi connectivity index (χ2n) is 0.985. The van der Waals surface area contributed by atoms with Crippen LogP contribution in [0.15, 0.2) is 0 Å². The maximum atomic E-state index is 8.12. The van der Waals surface area contributed by atoms with E-state index in [0.717, 1.165) is 6.42 Å². The standard InChI is InChI=1S/C3H9O2Si/c4-2-1-3-5-6/h4H,1-3,6H2. The fraction of sp³-hybridized carbons (Fsp3) is 1.00. The Labute approximate surface area is 40.7 Å². The largest absolute Gasteiger partial charge is 0.425 e. The highest BCUT2D eigenvalue weighted by molar-refractivity contribution is 5.97. The quantitative estimate of drug-likeness (QED) is 0.366. The van der Waals surface area contributed by atoms with Gasteiger partial charge in [0.1, 0.15) is 0 Å². The Balaban J connectivity index is 2.34. The third-order valence-electron chi connectivity index (χ3n) is 0.447. The molecule has 1 radical (unpaired) electrons. The van der Waals surface area contributed by atoms with Crippen molar-refractivity contribution >= 4 is 10.5 Å². The van der Waals surface area contributed by atoms with Gasteiger partial charge in [0.25, 0.3) is 0 Å². The summed E-state index contributed by atoms with van der Waals surface area (Å²) in [6.45, 7) is 0.910. The van der Waals surface area contributed by atoms with Gasteiger partial charge in [0.15, 0.2) is 10.5 Å². The smallest absolute Gasteiger partial charge is 0.174 e. The third kappa shape index (κ3) is 4.14. The van der Waals surface area contributed by atoms with Crippen LogP contribution in [0.1, 0.15) is 6.42 Å². The predicted octanol–water partition coefficient (Wildman–Crippen LogP) is -1.07. The number of rotatable bonds is 3. The maximum Gasteiger partial charge on any atom is 0.174 e. The van der Waals surface area contributed by atoms with E-state index < -0.39 is 0 Å². The van der Waals surface area contributed by atoms with Crippen molar-refractivity contribution < 1.29 is 9.53 Å². The van der Waals surface area contributed by atoms with E-state index in [9.17, 15) is 0 Å². The molecule has 0 amide bonds. The van der Waals surface area contributed by atoms with Crippen LogP contribution in [0, 0.1) is 0 Å². The first-order valence-electron chi connectivity index (χ1n) is 1.89. The second-order valence-corrected chi connectivity index (χ2v) is 1.39. The molecule has 0 rings (SSSR count). The van der Waals surface area contributed by atoms with Gasteiger partial charge in [-0.1, -0.05) is 0 Å². The van der Waals surface area contributed by atoms with E-state index in [2.05, 4.69) is 4.43 Å². The van der Waals surface area contributed by atoms with Crippen LogP contribution in [-0.4, -0.2) is 28.8 Å². The zero-order valence-electron chi connectivity index (χ0n) is 3.68. The van der Waals surface area contributed by atoms with Crippen LogP contribution in [0.25, 0.3) is 0 Å². The summed E-state index contributed by atoms with van der Waals surface area (Å²) < 4.78 is 4.65. The van der Waals surface area contributed by atoms with Gasteiger partial charge in [0, 0.05) is 13.2 Å². The lowest BCUT2D eigenvalue weighted by Crippen LogP contribution is -1.91. The van der Waals surface area contributed by atoms with Gasteiger partial charge in [0.2, 0.25) is 0 Å². The molecule has 1 N–H and O–H groups in total. The van der Waals surface area contributed by atoms with Gasteiger partial charge in [0.05, 0.1) is 0 Å². The Hall–Kier alpha value is 0.137. The Kier molecular flexibility index (Phi) is 5.25. The first-order chi connectivity index (χ1) is 2.91. The summed E-state index contributed by atoms with van der Waals surface area (Å²) >= 11 is 0. The molecule has 0 atom stereocenters. The van der Waals surface area contributed by atoms with Gasteiger partial charge in [-0.3, -0.25) is 0 Å². The molecule has 6 heavy (non-hydrogen) atoms. The van der Waals surface area contributed by atoms with Gasteiger partial charge in [-0.05, 0) is 6.42 Å². The van der Waals surface area contributed by atoms with Gasteiger partial charge < -0.3 is 9.53 Å². The topological polar surface area (TPSA) is 29.5 Å². The fourth-order valence-electron chi connectivity index (χ4n) is 0.167. The van der Waals surface area contributed by atoms with Crippen molar-refractivity contribution in [2.75, 3.05) is 13.2 Å². The zero-order chi connectivity index (χ0) is 4.83. The van der Waals surface area contributed by atoms with Crippen molar-refractivity contribution in [1.82, 2.24) is 0 Å². The summed E-state index contributed by atoms with van der Waals surface area (Å²) in [6.07, 6.45) is 0.753. The number of aliphatic hydroxyl groups is 1. The fourth-order valence-corrected chi connectivity index (χ4v) is 0.371. The Morgan fingerprint density at radius 2 is 2.33 bits per heavy atom. The lowest BCUT2D eigenvalue weighted by molar-refractivity contribution is 0.243. The van der Waals surface area contributed by atoms with Gasteiger partial charge >= 0.3 is 0 Å². The normalized spacial score (nSPS) is 9.00.